The van der Waals surface area contributed by atoms with Crippen molar-refractivity contribution in [3.05, 3.63) is 64.8 Å². The van der Waals surface area contributed by atoms with E-state index in [1.54, 1.807) is 21.2 Å². The van der Waals surface area contributed by atoms with Gasteiger partial charge in [-0.1, -0.05) is 35.9 Å². The van der Waals surface area contributed by atoms with Crippen LogP contribution in [0.5, 0.6) is 5.75 Å². The summed E-state index contributed by atoms with van der Waals surface area (Å²) in [6, 6.07) is 15.7. The fourth-order valence-corrected chi connectivity index (χ4v) is 4.16. The van der Waals surface area contributed by atoms with Gasteiger partial charge in [0.1, 0.15) is 11.4 Å². The van der Waals surface area contributed by atoms with Crippen LogP contribution in [0.1, 0.15) is 17.7 Å². The number of fused-ring (bicyclic) bond motifs is 1. The standard InChI is InChI=1S/C24H26ClN3O3/c1-27(2)24(29)31-13-12-16-14-19-20(15-16)26-28(21-6-4-5-7-22(21)30-3)23(19)17-8-10-18(25)11-9-17/h4-11,16H,12-15H2,1-3H3. The van der Waals surface area contributed by atoms with E-state index in [1.807, 2.05) is 53.2 Å². The van der Waals surface area contributed by atoms with Gasteiger partial charge in [-0.05, 0) is 49.4 Å². The molecule has 4 rings (SSSR count). The van der Waals surface area contributed by atoms with Crippen LogP contribution in [0.2, 0.25) is 5.02 Å². The van der Waals surface area contributed by atoms with Crippen molar-refractivity contribution < 1.29 is 14.3 Å². The Balaban J connectivity index is 1.65. The molecule has 0 aliphatic heterocycles. The monoisotopic (exact) mass is 439 g/mol. The van der Waals surface area contributed by atoms with Crippen LogP contribution in [0.3, 0.4) is 0 Å². The normalized spacial score (nSPS) is 14.9. The predicted octanol–water partition coefficient (Wildman–Crippen LogP) is 5.00. The van der Waals surface area contributed by atoms with Crippen molar-refractivity contribution in [2.24, 2.45) is 5.92 Å². The number of para-hydroxylation sites is 2. The molecule has 7 heteroatoms. The van der Waals surface area contributed by atoms with E-state index < -0.39 is 0 Å². The highest BCUT2D eigenvalue weighted by Crippen LogP contribution is 2.39. The van der Waals surface area contributed by atoms with E-state index in [-0.39, 0.29) is 6.09 Å². The zero-order valence-electron chi connectivity index (χ0n) is 18.0. The number of nitrogens with zero attached hydrogens (tertiary/aromatic N) is 3. The van der Waals surface area contributed by atoms with Gasteiger partial charge in [0.15, 0.2) is 0 Å². The SMILES string of the molecule is COc1ccccc1-n1nc2c(c1-c1ccc(Cl)cc1)CC(CCOC(=O)N(C)C)C2. The maximum absolute atomic E-state index is 11.7. The molecule has 1 unspecified atom stereocenters. The number of aromatic nitrogens is 2. The second-order valence-corrected chi connectivity index (χ2v) is 8.37. The Morgan fingerprint density at radius 3 is 2.61 bits per heavy atom. The molecule has 0 saturated heterocycles. The quantitative estimate of drug-likeness (QED) is 0.542. The first-order valence-electron chi connectivity index (χ1n) is 10.3. The van der Waals surface area contributed by atoms with E-state index in [0.717, 1.165) is 47.7 Å². The van der Waals surface area contributed by atoms with Crippen molar-refractivity contribution in [2.45, 2.75) is 19.3 Å². The van der Waals surface area contributed by atoms with Crippen molar-refractivity contribution in [2.75, 3.05) is 27.8 Å². The molecule has 1 atom stereocenters. The number of hydrogen-bond acceptors (Lipinski definition) is 4. The number of rotatable bonds is 6. The smallest absolute Gasteiger partial charge is 0.409 e. The highest BCUT2D eigenvalue weighted by atomic mass is 35.5. The summed E-state index contributed by atoms with van der Waals surface area (Å²) in [6.45, 7) is 0.411. The number of methoxy groups -OCH3 is 1. The van der Waals surface area contributed by atoms with Gasteiger partial charge in [0, 0.05) is 30.2 Å². The maximum atomic E-state index is 11.7. The lowest BCUT2D eigenvalue weighted by molar-refractivity contribution is 0.112. The van der Waals surface area contributed by atoms with E-state index >= 15 is 0 Å². The molecule has 162 valence electrons. The first kappa shape index (κ1) is 21.2. The van der Waals surface area contributed by atoms with Crippen molar-refractivity contribution in [3.63, 3.8) is 0 Å². The minimum Gasteiger partial charge on any atom is -0.494 e. The minimum absolute atomic E-state index is 0.307. The van der Waals surface area contributed by atoms with Crippen molar-refractivity contribution in [3.8, 4) is 22.7 Å². The second-order valence-electron chi connectivity index (χ2n) is 7.94. The number of ether oxygens (including phenoxy) is 2. The molecule has 0 fully saturated rings. The molecule has 1 aromatic heterocycles. The lowest BCUT2D eigenvalue weighted by Crippen LogP contribution is -2.23. The molecule has 3 aromatic rings. The third kappa shape index (κ3) is 4.39. The largest absolute Gasteiger partial charge is 0.494 e. The highest BCUT2D eigenvalue weighted by Gasteiger charge is 2.30. The summed E-state index contributed by atoms with van der Waals surface area (Å²) in [5, 5.41) is 5.68. The summed E-state index contributed by atoms with van der Waals surface area (Å²) in [4.78, 5) is 13.1. The van der Waals surface area contributed by atoms with Crippen LogP contribution in [0.4, 0.5) is 4.79 Å². The van der Waals surface area contributed by atoms with Crippen LogP contribution < -0.4 is 4.74 Å². The summed E-state index contributed by atoms with van der Waals surface area (Å²) < 4.78 is 12.9. The zero-order valence-corrected chi connectivity index (χ0v) is 18.7. The molecular weight excluding hydrogens is 414 g/mol. The van der Waals surface area contributed by atoms with E-state index in [0.29, 0.717) is 17.5 Å². The number of carbonyl (C=O) groups excluding carboxylic acids is 1. The summed E-state index contributed by atoms with van der Waals surface area (Å²) in [7, 11) is 5.04. The van der Waals surface area contributed by atoms with Gasteiger partial charge in [0.2, 0.25) is 0 Å². The van der Waals surface area contributed by atoms with E-state index in [2.05, 4.69) is 0 Å². The zero-order chi connectivity index (χ0) is 22.0. The minimum atomic E-state index is -0.307. The van der Waals surface area contributed by atoms with Gasteiger partial charge in [0.05, 0.1) is 25.1 Å². The maximum Gasteiger partial charge on any atom is 0.409 e. The van der Waals surface area contributed by atoms with E-state index in [4.69, 9.17) is 26.2 Å². The van der Waals surface area contributed by atoms with Crippen LogP contribution in [0.25, 0.3) is 16.9 Å². The summed E-state index contributed by atoms with van der Waals surface area (Å²) >= 11 is 6.14. The molecule has 6 nitrogen and oxygen atoms in total. The third-order valence-electron chi connectivity index (χ3n) is 5.59. The fourth-order valence-electron chi connectivity index (χ4n) is 4.04. The molecule has 1 heterocycles. The van der Waals surface area contributed by atoms with E-state index in [1.165, 1.54) is 10.5 Å². The Morgan fingerprint density at radius 1 is 1.16 bits per heavy atom. The molecular formula is C24H26ClN3O3. The topological polar surface area (TPSA) is 56.6 Å². The summed E-state index contributed by atoms with van der Waals surface area (Å²) in [6.07, 6.45) is 2.25. The molecule has 2 aromatic carbocycles. The summed E-state index contributed by atoms with van der Waals surface area (Å²) in [5.74, 6) is 1.16. The van der Waals surface area contributed by atoms with Gasteiger partial charge >= 0.3 is 6.09 Å². The van der Waals surface area contributed by atoms with Crippen LogP contribution >= 0.6 is 11.6 Å². The number of hydrogen-bond donors (Lipinski definition) is 0. The molecule has 0 radical (unpaired) electrons. The van der Waals surface area contributed by atoms with Crippen LogP contribution in [-0.2, 0) is 17.6 Å². The van der Waals surface area contributed by atoms with Crippen LogP contribution in [0.15, 0.2) is 48.5 Å². The molecule has 1 aliphatic rings. The lowest BCUT2D eigenvalue weighted by atomic mass is 10.0. The average Bonchev–Trinajstić information content (AvgIpc) is 3.31. The Kier molecular flexibility index (Phi) is 6.18. The fraction of sp³-hybridized carbons (Fsp3) is 0.333. The van der Waals surface area contributed by atoms with Gasteiger partial charge in [-0.2, -0.15) is 5.10 Å². The number of amides is 1. The Labute approximate surface area is 187 Å². The number of benzene rings is 2. The van der Waals surface area contributed by atoms with Crippen LogP contribution in [-0.4, -0.2) is 48.6 Å². The van der Waals surface area contributed by atoms with Crippen molar-refractivity contribution >= 4 is 17.7 Å². The molecule has 0 N–H and O–H groups in total. The van der Waals surface area contributed by atoms with Gasteiger partial charge in [0.25, 0.3) is 0 Å². The van der Waals surface area contributed by atoms with Gasteiger partial charge < -0.3 is 14.4 Å². The summed E-state index contributed by atoms with van der Waals surface area (Å²) in [5.41, 5.74) is 5.34. The highest BCUT2D eigenvalue weighted by molar-refractivity contribution is 6.30. The van der Waals surface area contributed by atoms with Gasteiger partial charge in [-0.25, -0.2) is 9.48 Å². The van der Waals surface area contributed by atoms with Gasteiger partial charge in [-0.15, -0.1) is 0 Å². The average molecular weight is 440 g/mol. The second kappa shape index (κ2) is 9.02. The molecule has 31 heavy (non-hydrogen) atoms. The predicted molar refractivity (Wildman–Crippen MR) is 121 cm³/mol. The molecule has 1 aliphatic carbocycles. The lowest BCUT2D eigenvalue weighted by Gasteiger charge is -2.16. The first-order chi connectivity index (χ1) is 15.0. The molecule has 0 saturated carbocycles. The molecule has 0 bridgehead atoms. The Morgan fingerprint density at radius 2 is 1.90 bits per heavy atom. The molecule has 0 spiro atoms. The van der Waals surface area contributed by atoms with Crippen LogP contribution in [0, 0.1) is 5.92 Å². The first-order valence-corrected chi connectivity index (χ1v) is 10.7. The van der Waals surface area contributed by atoms with Crippen molar-refractivity contribution in [1.82, 2.24) is 14.7 Å². The Bertz CT molecular complexity index is 1080. The van der Waals surface area contributed by atoms with Gasteiger partial charge in [-0.3, -0.25) is 0 Å². The Hall–Kier alpha value is -2.99. The number of carbonyl (C=O) groups is 1. The molecule has 1 amide bonds. The third-order valence-corrected chi connectivity index (χ3v) is 5.84. The van der Waals surface area contributed by atoms with Crippen molar-refractivity contribution in [1.29, 1.82) is 0 Å². The number of halogens is 1. The van der Waals surface area contributed by atoms with E-state index in [9.17, 15) is 4.79 Å².